The van der Waals surface area contributed by atoms with Crippen LogP contribution in [0.4, 0.5) is 0 Å². The number of methoxy groups -OCH3 is 1. The van der Waals surface area contributed by atoms with Crippen LogP contribution in [-0.4, -0.2) is 26.7 Å². The van der Waals surface area contributed by atoms with Gasteiger partial charge in [-0.25, -0.2) is 4.98 Å². The third-order valence-electron chi connectivity index (χ3n) is 5.20. The van der Waals surface area contributed by atoms with Gasteiger partial charge in [-0.05, 0) is 48.4 Å². The summed E-state index contributed by atoms with van der Waals surface area (Å²) in [7, 11) is 1.68. The zero-order valence-corrected chi connectivity index (χ0v) is 16.9. The van der Waals surface area contributed by atoms with Crippen LogP contribution in [0.25, 0.3) is 15.9 Å². The molecule has 0 N–H and O–H groups in total. The highest BCUT2D eigenvalue weighted by molar-refractivity contribution is 7.98. The van der Waals surface area contributed by atoms with Crippen molar-refractivity contribution in [1.29, 1.82) is 0 Å². The minimum Gasteiger partial charge on any atom is -0.497 e. The normalized spacial score (nSPS) is 16.7. The molecular weight excluding hydrogens is 376 g/mol. The molecule has 7 heteroatoms. The highest BCUT2D eigenvalue weighted by Gasteiger charge is 2.23. The highest BCUT2D eigenvalue weighted by atomic mass is 32.2. The van der Waals surface area contributed by atoms with Crippen molar-refractivity contribution in [3.63, 3.8) is 0 Å². The van der Waals surface area contributed by atoms with Crippen molar-refractivity contribution in [1.82, 2.24) is 19.6 Å². The van der Waals surface area contributed by atoms with Gasteiger partial charge < -0.3 is 4.74 Å². The number of aromatic nitrogens is 4. The molecule has 1 aromatic carbocycles. The van der Waals surface area contributed by atoms with E-state index in [0.29, 0.717) is 0 Å². The van der Waals surface area contributed by atoms with Gasteiger partial charge in [0.05, 0.1) is 12.5 Å². The third-order valence-corrected chi connectivity index (χ3v) is 7.38. The van der Waals surface area contributed by atoms with Crippen LogP contribution in [0, 0.1) is 5.92 Å². The third kappa shape index (κ3) is 2.99. The quantitative estimate of drug-likeness (QED) is 0.465. The molecule has 0 radical (unpaired) electrons. The molecule has 0 fully saturated rings. The summed E-state index contributed by atoms with van der Waals surface area (Å²) in [6, 6.07) is 8.15. The number of thiophene rings is 1. The van der Waals surface area contributed by atoms with Gasteiger partial charge in [-0.1, -0.05) is 30.8 Å². The minimum atomic E-state index is 0.759. The molecule has 0 spiro atoms. The average molecular weight is 397 g/mol. The smallest absolute Gasteiger partial charge is 0.197 e. The predicted octanol–water partition coefficient (Wildman–Crippen LogP) is 4.76. The number of aryl methyl sites for hydroxylation is 1. The number of nitrogens with zero attached hydrogens (tertiary/aromatic N) is 4. The van der Waals surface area contributed by atoms with Crippen LogP contribution in [0.3, 0.4) is 0 Å². The highest BCUT2D eigenvalue weighted by Crippen LogP contribution is 2.39. The summed E-state index contributed by atoms with van der Waals surface area (Å²) in [5.74, 6) is 2.47. The summed E-state index contributed by atoms with van der Waals surface area (Å²) in [6.07, 6.45) is 5.40. The van der Waals surface area contributed by atoms with Crippen molar-refractivity contribution in [2.24, 2.45) is 5.92 Å². The van der Waals surface area contributed by atoms with Gasteiger partial charge in [-0.15, -0.1) is 21.5 Å². The molecule has 3 aromatic heterocycles. The van der Waals surface area contributed by atoms with Crippen LogP contribution in [-0.2, 0) is 18.6 Å². The lowest BCUT2D eigenvalue weighted by molar-refractivity contribution is 0.414. The number of hydrogen-bond donors (Lipinski definition) is 0. The zero-order valence-electron chi connectivity index (χ0n) is 15.3. The van der Waals surface area contributed by atoms with Gasteiger partial charge in [-0.2, -0.15) is 0 Å². The Labute approximate surface area is 165 Å². The van der Waals surface area contributed by atoms with Crippen molar-refractivity contribution < 1.29 is 4.74 Å². The average Bonchev–Trinajstić information content (AvgIpc) is 3.26. The first-order valence-corrected chi connectivity index (χ1v) is 10.9. The van der Waals surface area contributed by atoms with E-state index in [0.717, 1.165) is 45.9 Å². The molecule has 0 bridgehead atoms. The summed E-state index contributed by atoms with van der Waals surface area (Å²) in [4.78, 5) is 7.31. The van der Waals surface area contributed by atoms with E-state index >= 15 is 0 Å². The van der Waals surface area contributed by atoms with Gasteiger partial charge in [0, 0.05) is 10.6 Å². The molecule has 5 nitrogen and oxygen atoms in total. The minimum absolute atomic E-state index is 0.759. The Hall–Kier alpha value is -2.12. The fraction of sp³-hybridized carbons (Fsp3) is 0.350. The molecule has 0 unspecified atom stereocenters. The number of fused-ring (bicyclic) bond motifs is 5. The van der Waals surface area contributed by atoms with E-state index in [2.05, 4.69) is 29.3 Å². The molecule has 0 aliphatic heterocycles. The molecule has 1 aliphatic carbocycles. The topological polar surface area (TPSA) is 52.3 Å². The molecule has 27 heavy (non-hydrogen) atoms. The Morgan fingerprint density at radius 3 is 2.93 bits per heavy atom. The van der Waals surface area contributed by atoms with Gasteiger partial charge in [0.1, 0.15) is 16.9 Å². The van der Waals surface area contributed by atoms with Crippen LogP contribution in [0.2, 0.25) is 0 Å². The number of benzene rings is 1. The summed E-state index contributed by atoms with van der Waals surface area (Å²) < 4.78 is 7.27. The Balaban J connectivity index is 1.48. The van der Waals surface area contributed by atoms with Crippen LogP contribution in [0.15, 0.2) is 35.7 Å². The molecule has 5 rings (SSSR count). The number of thioether (sulfide) groups is 1. The monoisotopic (exact) mass is 396 g/mol. The lowest BCUT2D eigenvalue weighted by Gasteiger charge is -2.17. The molecule has 0 saturated heterocycles. The second-order valence-corrected chi connectivity index (χ2v) is 9.12. The molecule has 1 aliphatic rings. The fourth-order valence-corrected chi connectivity index (χ4v) is 5.89. The maximum atomic E-state index is 5.22. The van der Waals surface area contributed by atoms with Gasteiger partial charge in [0.2, 0.25) is 0 Å². The summed E-state index contributed by atoms with van der Waals surface area (Å²) in [6.45, 7) is 2.33. The predicted molar refractivity (Wildman–Crippen MR) is 110 cm³/mol. The van der Waals surface area contributed by atoms with Crippen LogP contribution >= 0.6 is 23.1 Å². The van der Waals surface area contributed by atoms with Crippen molar-refractivity contribution in [3.8, 4) is 5.75 Å². The van der Waals surface area contributed by atoms with E-state index in [4.69, 9.17) is 9.72 Å². The van der Waals surface area contributed by atoms with E-state index < -0.39 is 0 Å². The van der Waals surface area contributed by atoms with E-state index in [9.17, 15) is 0 Å². The van der Waals surface area contributed by atoms with Crippen molar-refractivity contribution in [3.05, 3.63) is 46.6 Å². The molecule has 0 amide bonds. The fourth-order valence-electron chi connectivity index (χ4n) is 3.69. The molecule has 4 aromatic rings. The lowest BCUT2D eigenvalue weighted by Crippen LogP contribution is -2.08. The maximum absolute atomic E-state index is 5.22. The van der Waals surface area contributed by atoms with Gasteiger partial charge >= 0.3 is 0 Å². The molecule has 0 saturated carbocycles. The Bertz CT molecular complexity index is 1120. The maximum Gasteiger partial charge on any atom is 0.197 e. The number of rotatable bonds is 4. The van der Waals surface area contributed by atoms with E-state index in [-0.39, 0.29) is 0 Å². The Morgan fingerprint density at radius 1 is 1.26 bits per heavy atom. The Kier molecular flexibility index (Phi) is 4.28. The molecule has 1 atom stereocenters. The summed E-state index contributed by atoms with van der Waals surface area (Å²) >= 11 is 3.51. The SMILES string of the molecule is COc1ccc(CSc2nnc3c4c5c(sc4ncn23)C[C@H](C)CC5)cc1. The first kappa shape index (κ1) is 17.0. The zero-order chi connectivity index (χ0) is 18.4. The van der Waals surface area contributed by atoms with E-state index in [1.807, 2.05) is 34.2 Å². The number of hydrogen-bond acceptors (Lipinski definition) is 6. The summed E-state index contributed by atoms with van der Waals surface area (Å²) in [5, 5.41) is 11.1. The second-order valence-electron chi connectivity index (χ2n) is 7.09. The van der Waals surface area contributed by atoms with Gasteiger partial charge in [0.25, 0.3) is 0 Å². The van der Waals surface area contributed by atoms with Crippen molar-refractivity contribution in [2.75, 3.05) is 7.11 Å². The van der Waals surface area contributed by atoms with Crippen molar-refractivity contribution in [2.45, 2.75) is 37.1 Å². The standard InChI is InChI=1S/C20H20N4OS2/c1-12-3-8-15-16(9-12)27-19-17(15)18-22-23-20(24(18)11-21-19)26-10-13-4-6-14(25-2)7-5-13/h4-7,11-12H,3,8-10H2,1-2H3/t12-/m1/s1. The number of ether oxygens (including phenoxy) is 1. The van der Waals surface area contributed by atoms with E-state index in [1.54, 1.807) is 18.9 Å². The molecular formula is C20H20N4OS2. The van der Waals surface area contributed by atoms with Crippen molar-refractivity contribution >= 4 is 39.0 Å². The van der Waals surface area contributed by atoms with Crippen LogP contribution in [0.1, 0.15) is 29.3 Å². The Morgan fingerprint density at radius 2 is 2.11 bits per heavy atom. The van der Waals surface area contributed by atoms with Gasteiger partial charge in [0.15, 0.2) is 10.8 Å². The molecule has 138 valence electrons. The first-order valence-electron chi connectivity index (χ1n) is 9.12. The first-order chi connectivity index (χ1) is 13.2. The van der Waals surface area contributed by atoms with Gasteiger partial charge in [-0.3, -0.25) is 4.40 Å². The molecule has 3 heterocycles. The van der Waals surface area contributed by atoms with Crippen LogP contribution in [0.5, 0.6) is 5.75 Å². The largest absolute Gasteiger partial charge is 0.497 e. The van der Waals surface area contributed by atoms with Crippen LogP contribution < -0.4 is 4.74 Å². The second kappa shape index (κ2) is 6.80. The van der Waals surface area contributed by atoms with E-state index in [1.165, 1.54) is 27.8 Å². The lowest BCUT2D eigenvalue weighted by atomic mass is 9.89. The summed E-state index contributed by atoms with van der Waals surface area (Å²) in [5.41, 5.74) is 3.63.